The van der Waals surface area contributed by atoms with Crippen molar-refractivity contribution in [3.63, 3.8) is 0 Å². The Morgan fingerprint density at radius 1 is 1.19 bits per heavy atom. The van der Waals surface area contributed by atoms with Gasteiger partial charge in [0.05, 0.1) is 0 Å². The minimum atomic E-state index is 0.786. The average Bonchev–Trinajstić information content (AvgIpc) is 2.31. The lowest BCUT2D eigenvalue weighted by molar-refractivity contribution is 0.852. The molecule has 16 heavy (non-hydrogen) atoms. The molecule has 3 nitrogen and oxygen atoms in total. The number of benzene rings is 1. The second-order valence-electron chi connectivity index (χ2n) is 3.79. The van der Waals surface area contributed by atoms with E-state index in [4.69, 9.17) is 5.73 Å². The first-order chi connectivity index (χ1) is 7.76. The molecule has 0 atom stereocenters. The van der Waals surface area contributed by atoms with Crippen molar-refractivity contribution in [1.82, 2.24) is 4.98 Å². The molecule has 84 valence electrons. The van der Waals surface area contributed by atoms with Gasteiger partial charge >= 0.3 is 0 Å². The Kier molecular flexibility index (Phi) is 2.95. The smallest absolute Gasteiger partial charge is 0.136 e. The number of hydrogen-bond acceptors (Lipinski definition) is 3. The minimum Gasteiger partial charge on any atom is -0.399 e. The Morgan fingerprint density at radius 3 is 2.62 bits per heavy atom. The van der Waals surface area contributed by atoms with E-state index in [0.29, 0.717) is 0 Å². The molecule has 3 heteroatoms. The van der Waals surface area contributed by atoms with Gasteiger partial charge in [0.1, 0.15) is 5.82 Å². The number of nitrogens with two attached hydrogens (primary N) is 1. The summed E-state index contributed by atoms with van der Waals surface area (Å²) in [6.07, 6.45) is 1.85. The van der Waals surface area contributed by atoms with E-state index >= 15 is 0 Å². The van der Waals surface area contributed by atoms with Gasteiger partial charge in [0.2, 0.25) is 0 Å². The summed E-state index contributed by atoms with van der Waals surface area (Å²) < 4.78 is 0. The van der Waals surface area contributed by atoms with Gasteiger partial charge in [-0.1, -0.05) is 6.07 Å². The van der Waals surface area contributed by atoms with Crippen molar-refractivity contribution in [1.29, 1.82) is 0 Å². The van der Waals surface area contributed by atoms with Gasteiger partial charge in [-0.15, -0.1) is 0 Å². The highest BCUT2D eigenvalue weighted by atomic mass is 15.2. The Balaban J connectivity index is 2.64. The molecule has 0 saturated heterocycles. The number of anilines is 2. The van der Waals surface area contributed by atoms with Crippen molar-refractivity contribution in [2.75, 3.05) is 23.7 Å². The number of nitrogens with zero attached hydrogens (tertiary/aromatic N) is 2. The number of aromatic nitrogens is 1. The summed E-state index contributed by atoms with van der Waals surface area (Å²) in [5, 5.41) is 2.32. The van der Waals surface area contributed by atoms with Crippen LogP contribution in [-0.4, -0.2) is 18.1 Å². The second-order valence-corrected chi connectivity index (χ2v) is 3.79. The maximum Gasteiger partial charge on any atom is 0.136 e. The third kappa shape index (κ3) is 1.81. The maximum atomic E-state index is 5.83. The van der Waals surface area contributed by atoms with Crippen LogP contribution in [0.1, 0.15) is 13.8 Å². The highest BCUT2D eigenvalue weighted by Crippen LogP contribution is 2.25. The van der Waals surface area contributed by atoms with Crippen LogP contribution in [0, 0.1) is 0 Å². The summed E-state index contributed by atoms with van der Waals surface area (Å²) in [7, 11) is 0. The van der Waals surface area contributed by atoms with Crippen LogP contribution >= 0.6 is 0 Å². The van der Waals surface area contributed by atoms with E-state index in [0.717, 1.165) is 30.0 Å². The largest absolute Gasteiger partial charge is 0.399 e. The van der Waals surface area contributed by atoms with Crippen LogP contribution in [-0.2, 0) is 0 Å². The molecule has 2 rings (SSSR count). The van der Waals surface area contributed by atoms with E-state index in [1.165, 1.54) is 5.39 Å². The summed E-state index contributed by atoms with van der Waals surface area (Å²) in [5.41, 5.74) is 6.62. The fourth-order valence-electron chi connectivity index (χ4n) is 1.95. The molecular formula is C13H17N3. The normalized spacial score (nSPS) is 10.6. The number of hydrogen-bond donors (Lipinski definition) is 1. The quantitative estimate of drug-likeness (QED) is 0.800. The molecule has 1 heterocycles. The fourth-order valence-corrected chi connectivity index (χ4v) is 1.95. The lowest BCUT2D eigenvalue weighted by Gasteiger charge is -2.21. The predicted molar refractivity (Wildman–Crippen MR) is 69.7 cm³/mol. The van der Waals surface area contributed by atoms with Gasteiger partial charge in [0, 0.05) is 30.4 Å². The van der Waals surface area contributed by atoms with Crippen LogP contribution in [0.5, 0.6) is 0 Å². The second kappa shape index (κ2) is 4.39. The van der Waals surface area contributed by atoms with Gasteiger partial charge < -0.3 is 10.6 Å². The van der Waals surface area contributed by atoms with E-state index < -0.39 is 0 Å². The Bertz CT molecular complexity index is 490. The molecule has 1 aromatic carbocycles. The number of fused-ring (bicyclic) bond motifs is 1. The fraction of sp³-hybridized carbons (Fsp3) is 0.308. The van der Waals surface area contributed by atoms with E-state index in [1.54, 1.807) is 0 Å². The van der Waals surface area contributed by atoms with Crippen molar-refractivity contribution >= 4 is 22.3 Å². The molecule has 0 amide bonds. The zero-order valence-corrected chi connectivity index (χ0v) is 9.77. The van der Waals surface area contributed by atoms with Gasteiger partial charge in [-0.25, -0.2) is 4.98 Å². The first-order valence-corrected chi connectivity index (χ1v) is 5.65. The van der Waals surface area contributed by atoms with Gasteiger partial charge in [-0.3, -0.25) is 0 Å². The van der Waals surface area contributed by atoms with Gasteiger partial charge in [-0.2, -0.15) is 0 Å². The van der Waals surface area contributed by atoms with Gasteiger partial charge in [-0.05, 0) is 37.4 Å². The topological polar surface area (TPSA) is 42.2 Å². The standard InChI is InChI=1S/C13H17N3/c1-3-16(4-2)13-12-9-11(14)6-5-10(12)7-8-15-13/h5-9H,3-4,14H2,1-2H3. The van der Waals surface area contributed by atoms with Gasteiger partial charge in [0.15, 0.2) is 0 Å². The molecule has 0 unspecified atom stereocenters. The minimum absolute atomic E-state index is 0.786. The van der Waals surface area contributed by atoms with E-state index in [1.807, 2.05) is 30.5 Å². The van der Waals surface area contributed by atoms with Crippen molar-refractivity contribution in [3.05, 3.63) is 30.5 Å². The Hall–Kier alpha value is -1.77. The summed E-state index contributed by atoms with van der Waals surface area (Å²) in [6, 6.07) is 7.98. The van der Waals surface area contributed by atoms with E-state index in [2.05, 4.69) is 23.7 Å². The summed E-state index contributed by atoms with van der Waals surface area (Å²) in [4.78, 5) is 6.70. The molecule has 2 N–H and O–H groups in total. The maximum absolute atomic E-state index is 5.83. The van der Waals surface area contributed by atoms with Gasteiger partial charge in [0.25, 0.3) is 0 Å². The Labute approximate surface area is 95.9 Å². The zero-order chi connectivity index (χ0) is 11.5. The first kappa shape index (κ1) is 10.7. The molecule has 0 bridgehead atoms. The molecular weight excluding hydrogens is 198 g/mol. The first-order valence-electron chi connectivity index (χ1n) is 5.65. The third-order valence-corrected chi connectivity index (χ3v) is 2.83. The zero-order valence-electron chi connectivity index (χ0n) is 9.77. The molecule has 0 aliphatic heterocycles. The van der Waals surface area contributed by atoms with Crippen molar-refractivity contribution in [2.45, 2.75) is 13.8 Å². The Morgan fingerprint density at radius 2 is 1.94 bits per heavy atom. The van der Waals surface area contributed by atoms with E-state index in [9.17, 15) is 0 Å². The lowest BCUT2D eigenvalue weighted by atomic mass is 10.1. The molecule has 0 aliphatic rings. The SMILES string of the molecule is CCN(CC)c1nccc2ccc(N)cc12. The molecule has 0 spiro atoms. The van der Waals surface area contributed by atoms with Crippen molar-refractivity contribution in [2.24, 2.45) is 0 Å². The molecule has 1 aromatic heterocycles. The molecule has 0 saturated carbocycles. The summed E-state index contributed by atoms with van der Waals surface area (Å²) in [6.45, 7) is 6.18. The number of pyridine rings is 1. The summed E-state index contributed by atoms with van der Waals surface area (Å²) in [5.74, 6) is 1.02. The van der Waals surface area contributed by atoms with Crippen molar-refractivity contribution in [3.8, 4) is 0 Å². The lowest BCUT2D eigenvalue weighted by Crippen LogP contribution is -2.23. The molecule has 0 radical (unpaired) electrons. The van der Waals surface area contributed by atoms with Crippen LogP contribution in [0.3, 0.4) is 0 Å². The molecule has 2 aromatic rings. The molecule has 0 aliphatic carbocycles. The highest BCUT2D eigenvalue weighted by molar-refractivity contribution is 5.94. The van der Waals surface area contributed by atoms with Crippen LogP contribution in [0.25, 0.3) is 10.8 Å². The average molecular weight is 215 g/mol. The van der Waals surface area contributed by atoms with Crippen LogP contribution in [0.15, 0.2) is 30.5 Å². The van der Waals surface area contributed by atoms with E-state index in [-0.39, 0.29) is 0 Å². The number of rotatable bonds is 3. The number of nitrogen functional groups attached to an aromatic ring is 1. The highest BCUT2D eigenvalue weighted by Gasteiger charge is 2.08. The molecule has 0 fully saturated rings. The van der Waals surface area contributed by atoms with Crippen LogP contribution in [0.2, 0.25) is 0 Å². The monoisotopic (exact) mass is 215 g/mol. The summed E-state index contributed by atoms with van der Waals surface area (Å²) >= 11 is 0. The van der Waals surface area contributed by atoms with Crippen molar-refractivity contribution < 1.29 is 0 Å². The third-order valence-electron chi connectivity index (χ3n) is 2.83. The van der Waals surface area contributed by atoms with Crippen LogP contribution < -0.4 is 10.6 Å². The van der Waals surface area contributed by atoms with Crippen LogP contribution in [0.4, 0.5) is 11.5 Å². The predicted octanol–water partition coefficient (Wildman–Crippen LogP) is 2.66.